The largest absolute Gasteiger partial charge is 0.378 e. The van der Waals surface area contributed by atoms with Crippen LogP contribution in [-0.4, -0.2) is 56.8 Å². The predicted octanol–water partition coefficient (Wildman–Crippen LogP) is 3.76. The van der Waals surface area contributed by atoms with Gasteiger partial charge in [0.15, 0.2) is 5.96 Å². The number of likely N-dealkylation sites (tertiary alicyclic amines) is 1. The number of ether oxygens (including phenoxy) is 1. The molecule has 0 unspecified atom stereocenters. The van der Waals surface area contributed by atoms with Gasteiger partial charge in [-0.25, -0.2) is 4.99 Å². The van der Waals surface area contributed by atoms with Gasteiger partial charge in [0, 0.05) is 38.4 Å². The zero-order chi connectivity index (χ0) is 22.7. The van der Waals surface area contributed by atoms with Crippen molar-refractivity contribution in [1.29, 1.82) is 0 Å². The Morgan fingerprint density at radius 3 is 2.18 bits per heavy atom. The molecule has 2 aromatic carbocycles. The molecule has 6 heteroatoms. The number of guanidine groups is 1. The van der Waals surface area contributed by atoms with Gasteiger partial charge in [0.25, 0.3) is 0 Å². The standard InChI is InChI=1S/C27H39N5O/c1-2-28-27(30-21-24-10-12-26(13-11-24)32-16-18-33-19-17-32)29-20-23-6-8-25(9-7-23)22-31-14-4-3-5-15-31/h6-13H,2-5,14-22H2,1H3,(H2,28,29,30). The van der Waals surface area contributed by atoms with Crippen LogP contribution >= 0.6 is 0 Å². The van der Waals surface area contributed by atoms with Crippen LogP contribution in [0.2, 0.25) is 0 Å². The highest BCUT2D eigenvalue weighted by Gasteiger charge is 2.11. The van der Waals surface area contributed by atoms with Crippen LogP contribution in [0, 0.1) is 0 Å². The van der Waals surface area contributed by atoms with Crippen LogP contribution in [0.1, 0.15) is 42.9 Å². The third-order valence-electron chi connectivity index (χ3n) is 6.41. The molecule has 0 saturated carbocycles. The number of benzene rings is 2. The lowest BCUT2D eigenvalue weighted by atomic mass is 10.1. The molecule has 0 aliphatic carbocycles. The van der Waals surface area contributed by atoms with Crippen molar-refractivity contribution in [3.05, 3.63) is 65.2 Å². The minimum atomic E-state index is 0.660. The van der Waals surface area contributed by atoms with Crippen molar-refractivity contribution in [3.8, 4) is 0 Å². The molecule has 2 saturated heterocycles. The molecule has 2 fully saturated rings. The lowest BCUT2D eigenvalue weighted by molar-refractivity contribution is 0.122. The second-order valence-corrected chi connectivity index (χ2v) is 8.97. The van der Waals surface area contributed by atoms with E-state index in [0.29, 0.717) is 6.54 Å². The summed E-state index contributed by atoms with van der Waals surface area (Å²) < 4.78 is 5.45. The normalized spacial score (nSPS) is 17.7. The Labute approximate surface area is 199 Å². The number of piperidine rings is 1. The maximum absolute atomic E-state index is 5.45. The number of hydrogen-bond donors (Lipinski definition) is 2. The molecule has 2 aliphatic heterocycles. The second kappa shape index (κ2) is 12.6. The first kappa shape index (κ1) is 23.6. The number of nitrogens with one attached hydrogen (secondary N) is 2. The number of morpholine rings is 1. The molecule has 2 aliphatic rings. The minimum Gasteiger partial charge on any atom is -0.378 e. The average molecular weight is 450 g/mol. The summed E-state index contributed by atoms with van der Waals surface area (Å²) >= 11 is 0. The fourth-order valence-corrected chi connectivity index (χ4v) is 4.47. The maximum Gasteiger partial charge on any atom is 0.191 e. The molecule has 0 atom stereocenters. The summed E-state index contributed by atoms with van der Waals surface area (Å²) in [6, 6.07) is 17.8. The summed E-state index contributed by atoms with van der Waals surface area (Å²) in [4.78, 5) is 9.73. The highest BCUT2D eigenvalue weighted by molar-refractivity contribution is 5.79. The summed E-state index contributed by atoms with van der Waals surface area (Å²) in [6.07, 6.45) is 4.07. The topological polar surface area (TPSA) is 52.1 Å². The van der Waals surface area contributed by atoms with E-state index in [9.17, 15) is 0 Å². The Bertz CT molecular complexity index is 853. The van der Waals surface area contributed by atoms with Gasteiger partial charge in [-0.1, -0.05) is 42.8 Å². The van der Waals surface area contributed by atoms with Crippen molar-refractivity contribution >= 4 is 11.6 Å². The van der Waals surface area contributed by atoms with Crippen molar-refractivity contribution in [2.24, 2.45) is 4.99 Å². The van der Waals surface area contributed by atoms with Gasteiger partial charge in [-0.05, 0) is 61.7 Å². The highest BCUT2D eigenvalue weighted by Crippen LogP contribution is 2.17. The Morgan fingerprint density at radius 2 is 1.48 bits per heavy atom. The summed E-state index contributed by atoms with van der Waals surface area (Å²) in [5.74, 6) is 0.854. The van der Waals surface area contributed by atoms with Crippen LogP contribution in [-0.2, 0) is 24.4 Å². The van der Waals surface area contributed by atoms with Crippen LogP contribution in [0.3, 0.4) is 0 Å². The molecular weight excluding hydrogens is 410 g/mol. The number of anilines is 1. The van der Waals surface area contributed by atoms with Crippen LogP contribution < -0.4 is 15.5 Å². The van der Waals surface area contributed by atoms with Gasteiger partial charge in [0.05, 0.1) is 19.8 Å². The minimum absolute atomic E-state index is 0.660. The second-order valence-electron chi connectivity index (χ2n) is 8.97. The molecule has 0 spiro atoms. The molecule has 0 amide bonds. The first-order valence-electron chi connectivity index (χ1n) is 12.5. The van der Waals surface area contributed by atoms with E-state index in [-0.39, 0.29) is 0 Å². The van der Waals surface area contributed by atoms with E-state index in [4.69, 9.17) is 9.73 Å². The van der Waals surface area contributed by atoms with Crippen LogP contribution in [0.25, 0.3) is 0 Å². The van der Waals surface area contributed by atoms with E-state index in [1.807, 2.05) is 0 Å². The smallest absolute Gasteiger partial charge is 0.191 e. The van der Waals surface area contributed by atoms with Crippen molar-refractivity contribution in [3.63, 3.8) is 0 Å². The summed E-state index contributed by atoms with van der Waals surface area (Å²) in [5.41, 5.74) is 5.16. The Kier molecular flexibility index (Phi) is 9.01. The quantitative estimate of drug-likeness (QED) is 0.475. The Morgan fingerprint density at radius 1 is 0.818 bits per heavy atom. The van der Waals surface area contributed by atoms with Gasteiger partial charge in [-0.2, -0.15) is 0 Å². The number of aliphatic imine (C=N–C) groups is 1. The third kappa shape index (κ3) is 7.47. The zero-order valence-corrected chi connectivity index (χ0v) is 20.1. The van der Waals surface area contributed by atoms with E-state index < -0.39 is 0 Å². The van der Waals surface area contributed by atoms with Crippen molar-refractivity contribution in [2.75, 3.05) is 50.8 Å². The molecule has 33 heavy (non-hydrogen) atoms. The number of hydrogen-bond acceptors (Lipinski definition) is 4. The number of rotatable bonds is 8. The third-order valence-corrected chi connectivity index (χ3v) is 6.41. The van der Waals surface area contributed by atoms with E-state index in [2.05, 4.69) is 75.9 Å². The van der Waals surface area contributed by atoms with Crippen molar-refractivity contribution in [1.82, 2.24) is 15.5 Å². The maximum atomic E-state index is 5.45. The monoisotopic (exact) mass is 449 g/mol. The van der Waals surface area contributed by atoms with Gasteiger partial charge in [0.1, 0.15) is 0 Å². The average Bonchev–Trinajstić information content (AvgIpc) is 2.88. The lowest BCUT2D eigenvalue weighted by Gasteiger charge is -2.28. The fraction of sp³-hybridized carbons (Fsp3) is 0.519. The molecule has 6 nitrogen and oxygen atoms in total. The van der Waals surface area contributed by atoms with Crippen LogP contribution in [0.15, 0.2) is 53.5 Å². The predicted molar refractivity (Wildman–Crippen MR) is 137 cm³/mol. The molecule has 2 N–H and O–H groups in total. The van der Waals surface area contributed by atoms with Crippen molar-refractivity contribution < 1.29 is 4.74 Å². The van der Waals surface area contributed by atoms with Gasteiger partial charge in [-0.15, -0.1) is 0 Å². The van der Waals surface area contributed by atoms with E-state index in [1.54, 1.807) is 0 Å². The molecule has 2 heterocycles. The number of nitrogens with zero attached hydrogens (tertiary/aromatic N) is 3. The summed E-state index contributed by atoms with van der Waals surface area (Å²) in [5, 5.41) is 6.84. The van der Waals surface area contributed by atoms with Crippen LogP contribution in [0.5, 0.6) is 0 Å². The summed E-state index contributed by atoms with van der Waals surface area (Å²) in [6.45, 7) is 11.5. The molecular formula is C27H39N5O. The Hall–Kier alpha value is -2.57. The molecule has 0 radical (unpaired) electrons. The highest BCUT2D eigenvalue weighted by atomic mass is 16.5. The van der Waals surface area contributed by atoms with Gasteiger partial charge >= 0.3 is 0 Å². The lowest BCUT2D eigenvalue weighted by Crippen LogP contribution is -2.36. The SMILES string of the molecule is CCNC(=NCc1ccc(N2CCOCC2)cc1)NCc1ccc(CN2CCCCC2)cc1. The van der Waals surface area contributed by atoms with Gasteiger partial charge < -0.3 is 20.3 Å². The molecule has 0 bridgehead atoms. The van der Waals surface area contributed by atoms with E-state index >= 15 is 0 Å². The van der Waals surface area contributed by atoms with E-state index in [0.717, 1.165) is 51.9 Å². The van der Waals surface area contributed by atoms with Gasteiger partial charge in [0.2, 0.25) is 0 Å². The first-order valence-corrected chi connectivity index (χ1v) is 12.5. The van der Waals surface area contributed by atoms with E-state index in [1.165, 1.54) is 54.7 Å². The summed E-state index contributed by atoms with van der Waals surface area (Å²) in [7, 11) is 0. The van der Waals surface area contributed by atoms with Gasteiger partial charge in [-0.3, -0.25) is 4.90 Å². The fourth-order valence-electron chi connectivity index (χ4n) is 4.47. The molecule has 0 aromatic heterocycles. The van der Waals surface area contributed by atoms with Crippen LogP contribution in [0.4, 0.5) is 5.69 Å². The zero-order valence-electron chi connectivity index (χ0n) is 20.1. The Balaban J connectivity index is 1.27. The molecule has 2 aromatic rings. The first-order chi connectivity index (χ1) is 16.3. The molecule has 178 valence electrons. The van der Waals surface area contributed by atoms with Crippen molar-refractivity contribution in [2.45, 2.75) is 45.8 Å². The molecule has 4 rings (SSSR count).